The van der Waals surface area contributed by atoms with Gasteiger partial charge < -0.3 is 5.32 Å². The molecule has 1 aromatic carbocycles. The van der Waals surface area contributed by atoms with Crippen LogP contribution in [0.25, 0.3) is 0 Å². The highest BCUT2D eigenvalue weighted by Gasteiger charge is 2.18. The van der Waals surface area contributed by atoms with E-state index >= 15 is 0 Å². The Hall–Kier alpha value is -1.61. The first-order valence-corrected chi connectivity index (χ1v) is 9.52. The second kappa shape index (κ2) is 7.31. The molecule has 1 aliphatic rings. The molecule has 0 fully saturated rings. The Morgan fingerprint density at radius 3 is 2.83 bits per heavy atom. The summed E-state index contributed by atoms with van der Waals surface area (Å²) < 4.78 is 0. The number of carbonyl (C=O) groups excluding carboxylic acids is 1. The second-order valence-electron chi connectivity index (χ2n) is 6.47. The van der Waals surface area contributed by atoms with Crippen LogP contribution in [0.4, 0.5) is 5.69 Å². The van der Waals surface area contributed by atoms with Gasteiger partial charge in [0.05, 0.1) is 4.88 Å². The number of para-hydroxylation sites is 1. The lowest BCUT2D eigenvalue weighted by Gasteiger charge is -2.15. The molecule has 1 aliphatic carbocycles. The number of hydrogen-bond donors (Lipinski definition) is 1. The fraction of sp³-hybridized carbons (Fsp3) is 0.450. The predicted octanol–water partition coefficient (Wildman–Crippen LogP) is 5.78. The van der Waals surface area contributed by atoms with Crippen molar-refractivity contribution in [2.75, 3.05) is 5.32 Å². The van der Waals surface area contributed by atoms with E-state index in [0.717, 1.165) is 29.8 Å². The summed E-state index contributed by atoms with van der Waals surface area (Å²) in [5.41, 5.74) is 3.57. The van der Waals surface area contributed by atoms with Crippen LogP contribution in [0, 0.1) is 0 Å². The first-order valence-electron chi connectivity index (χ1n) is 8.71. The van der Waals surface area contributed by atoms with Crippen LogP contribution in [0.3, 0.4) is 0 Å². The zero-order valence-corrected chi connectivity index (χ0v) is 14.8. The highest BCUT2D eigenvalue weighted by Crippen LogP contribution is 2.31. The molecule has 2 aromatic rings. The van der Waals surface area contributed by atoms with Gasteiger partial charge in [0.2, 0.25) is 0 Å². The quantitative estimate of drug-likeness (QED) is 0.708. The van der Waals surface area contributed by atoms with Gasteiger partial charge in [-0.3, -0.25) is 4.79 Å². The molecular weight excluding hydrogens is 302 g/mol. The van der Waals surface area contributed by atoms with Gasteiger partial charge in [0.25, 0.3) is 5.91 Å². The van der Waals surface area contributed by atoms with Gasteiger partial charge in [0, 0.05) is 10.6 Å². The maximum atomic E-state index is 12.7. The Morgan fingerprint density at radius 1 is 1.22 bits per heavy atom. The summed E-state index contributed by atoms with van der Waals surface area (Å²) in [5.74, 6) is 0.491. The standard InChI is InChI=1S/C20H25NOS/c1-3-14(2)16-10-7-8-11-17(16)21-20(22)19-13-15-9-5-4-6-12-18(15)23-19/h7-8,10-11,13-14H,3-6,9,12H2,1-2H3,(H,21,22)/t14-/m1/s1. The molecule has 3 heteroatoms. The highest BCUT2D eigenvalue weighted by molar-refractivity contribution is 7.14. The lowest BCUT2D eigenvalue weighted by Crippen LogP contribution is -2.12. The first kappa shape index (κ1) is 16.3. The van der Waals surface area contributed by atoms with E-state index in [4.69, 9.17) is 0 Å². The number of benzene rings is 1. The summed E-state index contributed by atoms with van der Waals surface area (Å²) in [6, 6.07) is 10.3. The third-order valence-electron chi connectivity index (χ3n) is 4.82. The average Bonchev–Trinajstić information content (AvgIpc) is 2.86. The fourth-order valence-corrected chi connectivity index (χ4v) is 4.37. The highest BCUT2D eigenvalue weighted by atomic mass is 32.1. The van der Waals surface area contributed by atoms with Crippen molar-refractivity contribution in [2.45, 2.75) is 58.3 Å². The maximum Gasteiger partial charge on any atom is 0.265 e. The minimum atomic E-state index is 0.0406. The van der Waals surface area contributed by atoms with Crippen molar-refractivity contribution in [1.29, 1.82) is 0 Å². The van der Waals surface area contributed by atoms with Gasteiger partial charge in [-0.15, -0.1) is 11.3 Å². The number of nitrogens with one attached hydrogen (secondary N) is 1. The molecule has 2 nitrogen and oxygen atoms in total. The fourth-order valence-electron chi connectivity index (χ4n) is 3.22. The monoisotopic (exact) mass is 327 g/mol. The molecule has 1 aromatic heterocycles. The normalized spacial score (nSPS) is 15.6. The molecular formula is C20H25NOS. The molecule has 0 saturated carbocycles. The van der Waals surface area contributed by atoms with Crippen molar-refractivity contribution in [2.24, 2.45) is 0 Å². The van der Waals surface area contributed by atoms with Gasteiger partial charge >= 0.3 is 0 Å². The van der Waals surface area contributed by atoms with Crippen LogP contribution >= 0.6 is 11.3 Å². The van der Waals surface area contributed by atoms with Crippen molar-refractivity contribution in [3.63, 3.8) is 0 Å². The van der Waals surface area contributed by atoms with E-state index in [1.807, 2.05) is 18.2 Å². The zero-order valence-electron chi connectivity index (χ0n) is 14.0. The van der Waals surface area contributed by atoms with E-state index in [2.05, 4.69) is 31.3 Å². The summed E-state index contributed by atoms with van der Waals surface area (Å²) in [7, 11) is 0. The smallest absolute Gasteiger partial charge is 0.265 e. The van der Waals surface area contributed by atoms with Crippen LogP contribution in [0.1, 0.15) is 71.1 Å². The van der Waals surface area contributed by atoms with Crippen molar-refractivity contribution in [3.05, 3.63) is 51.2 Å². The van der Waals surface area contributed by atoms with E-state index in [1.54, 1.807) is 11.3 Å². The van der Waals surface area contributed by atoms with E-state index in [-0.39, 0.29) is 5.91 Å². The lowest BCUT2D eigenvalue weighted by atomic mass is 9.97. The third-order valence-corrected chi connectivity index (χ3v) is 6.06. The van der Waals surface area contributed by atoms with Gasteiger partial charge in [-0.05, 0) is 61.3 Å². The summed E-state index contributed by atoms with van der Waals surface area (Å²) in [6.07, 6.45) is 7.15. The number of amides is 1. The van der Waals surface area contributed by atoms with Crippen LogP contribution < -0.4 is 5.32 Å². The second-order valence-corrected chi connectivity index (χ2v) is 7.61. The molecule has 1 heterocycles. The Balaban J connectivity index is 1.80. The number of anilines is 1. The zero-order chi connectivity index (χ0) is 16.2. The number of thiophene rings is 1. The van der Waals surface area contributed by atoms with E-state index in [9.17, 15) is 4.79 Å². The molecule has 0 saturated heterocycles. The van der Waals surface area contributed by atoms with Crippen molar-refractivity contribution in [3.8, 4) is 0 Å². The topological polar surface area (TPSA) is 29.1 Å². The lowest BCUT2D eigenvalue weighted by molar-refractivity contribution is 0.103. The number of fused-ring (bicyclic) bond motifs is 1. The number of hydrogen-bond acceptors (Lipinski definition) is 2. The minimum Gasteiger partial charge on any atom is -0.321 e. The summed E-state index contributed by atoms with van der Waals surface area (Å²) in [4.78, 5) is 15.0. The van der Waals surface area contributed by atoms with Gasteiger partial charge in [-0.2, -0.15) is 0 Å². The average molecular weight is 327 g/mol. The molecule has 3 rings (SSSR count). The van der Waals surface area contributed by atoms with Crippen molar-refractivity contribution in [1.82, 2.24) is 0 Å². The summed E-state index contributed by atoms with van der Waals surface area (Å²) >= 11 is 1.68. The molecule has 1 amide bonds. The van der Waals surface area contributed by atoms with E-state index in [0.29, 0.717) is 5.92 Å². The molecule has 1 N–H and O–H groups in total. The molecule has 0 radical (unpaired) electrons. The summed E-state index contributed by atoms with van der Waals surface area (Å²) in [5, 5.41) is 3.14. The predicted molar refractivity (Wildman–Crippen MR) is 98.7 cm³/mol. The van der Waals surface area contributed by atoms with Crippen LogP contribution in [0.2, 0.25) is 0 Å². The van der Waals surface area contributed by atoms with Crippen molar-refractivity contribution < 1.29 is 4.79 Å². The van der Waals surface area contributed by atoms with Crippen LogP contribution in [0.5, 0.6) is 0 Å². The van der Waals surface area contributed by atoms with E-state index in [1.165, 1.54) is 35.3 Å². The summed E-state index contributed by atoms with van der Waals surface area (Å²) in [6.45, 7) is 4.39. The molecule has 0 spiro atoms. The number of aryl methyl sites for hydroxylation is 2. The molecule has 0 unspecified atom stereocenters. The SMILES string of the molecule is CC[C@@H](C)c1ccccc1NC(=O)c1cc2c(s1)CCCCC2. The number of rotatable bonds is 4. The Kier molecular flexibility index (Phi) is 5.16. The van der Waals surface area contributed by atoms with Crippen molar-refractivity contribution >= 4 is 22.9 Å². The first-order chi connectivity index (χ1) is 11.2. The molecule has 23 heavy (non-hydrogen) atoms. The largest absolute Gasteiger partial charge is 0.321 e. The maximum absolute atomic E-state index is 12.7. The third kappa shape index (κ3) is 3.66. The number of carbonyl (C=O) groups is 1. The molecule has 0 aliphatic heterocycles. The Bertz CT molecular complexity index is 665. The Morgan fingerprint density at radius 2 is 2.00 bits per heavy atom. The van der Waals surface area contributed by atoms with E-state index < -0.39 is 0 Å². The molecule has 122 valence electrons. The van der Waals surface area contributed by atoms with Gasteiger partial charge in [-0.1, -0.05) is 38.5 Å². The Labute approximate surface area is 142 Å². The van der Waals surface area contributed by atoms with Crippen LogP contribution in [-0.2, 0) is 12.8 Å². The van der Waals surface area contributed by atoms with Crippen LogP contribution in [-0.4, -0.2) is 5.91 Å². The van der Waals surface area contributed by atoms with Gasteiger partial charge in [0.15, 0.2) is 0 Å². The minimum absolute atomic E-state index is 0.0406. The molecule has 1 atom stereocenters. The van der Waals surface area contributed by atoms with Gasteiger partial charge in [-0.25, -0.2) is 0 Å². The van der Waals surface area contributed by atoms with Gasteiger partial charge in [0.1, 0.15) is 0 Å². The van der Waals surface area contributed by atoms with Crippen LogP contribution in [0.15, 0.2) is 30.3 Å². The molecule has 0 bridgehead atoms.